The summed E-state index contributed by atoms with van der Waals surface area (Å²) in [6, 6.07) is 49.1. The van der Waals surface area contributed by atoms with Gasteiger partial charge in [0.1, 0.15) is 11.6 Å². The van der Waals surface area contributed by atoms with Gasteiger partial charge >= 0.3 is 11.9 Å². The number of carboxylic acids is 2. The van der Waals surface area contributed by atoms with Crippen molar-refractivity contribution in [3.8, 4) is 27.0 Å². The van der Waals surface area contributed by atoms with E-state index < -0.39 is 11.9 Å². The number of rotatable bonds is 13. The van der Waals surface area contributed by atoms with Crippen LogP contribution in [0.3, 0.4) is 0 Å². The predicted octanol–water partition coefficient (Wildman–Crippen LogP) is 13.9. The van der Waals surface area contributed by atoms with E-state index >= 15 is 0 Å². The molecule has 9 heteroatoms. The molecule has 0 amide bonds. The minimum Gasteiger partial charge on any atom is -0.486 e. The van der Waals surface area contributed by atoms with Gasteiger partial charge in [0.05, 0.1) is 6.57 Å². The summed E-state index contributed by atoms with van der Waals surface area (Å²) in [5, 5.41) is 27.4. The van der Waals surface area contributed by atoms with Crippen molar-refractivity contribution in [2.24, 2.45) is 0 Å². The van der Waals surface area contributed by atoms with Crippen LogP contribution in [0.4, 0.5) is 17.1 Å². The molecule has 61 heavy (non-hydrogen) atoms. The lowest BCUT2D eigenvalue weighted by molar-refractivity contribution is -0.133. The maximum absolute atomic E-state index is 11.2. The summed E-state index contributed by atoms with van der Waals surface area (Å²) in [7, 11) is 0. The summed E-state index contributed by atoms with van der Waals surface area (Å²) in [5.74, 6) is -2.46. The molecule has 2 aromatic heterocycles. The molecule has 2 heterocycles. The zero-order valence-electron chi connectivity index (χ0n) is 33.1. The van der Waals surface area contributed by atoms with Crippen molar-refractivity contribution in [1.29, 1.82) is 5.26 Å². The molecule has 0 bridgehead atoms. The second-order valence-corrected chi connectivity index (χ2v) is 16.3. The van der Waals surface area contributed by atoms with E-state index in [1.54, 1.807) is 6.07 Å². The average molecular weight is 832 g/mol. The first-order valence-electron chi connectivity index (χ1n) is 19.1. The van der Waals surface area contributed by atoms with Crippen LogP contribution in [0, 0.1) is 31.8 Å². The standard InChI is InChI=1S/C52H37N3O4S2/c1-34-4-21-45(30-35(34)2)55(43-22-13-38(14-23-43)7-5-36-9-17-40(18-10-36)49-28-26-46(60-49)31-42(33-53)51(56)57)44-24-15-39(16-25-44)8-6-37-11-19-41(20-12-37)50-29-27-47(61-50)32-48(54-3)52(58)59/h4-32H,1-2H3,(H,56,57)(H,58,59)/b7-5+,8-6+,42-31-,48-32-. The molecule has 0 atom stereocenters. The number of hydrogen-bond acceptors (Lipinski definition) is 6. The van der Waals surface area contributed by atoms with Gasteiger partial charge in [-0.05, 0) is 131 Å². The largest absolute Gasteiger partial charge is 0.486 e. The van der Waals surface area contributed by atoms with Gasteiger partial charge in [0, 0.05) is 36.6 Å². The molecular formula is C52H37N3O4S2. The van der Waals surface area contributed by atoms with E-state index in [0.717, 1.165) is 65.1 Å². The van der Waals surface area contributed by atoms with E-state index in [9.17, 15) is 14.7 Å². The fourth-order valence-corrected chi connectivity index (χ4v) is 8.32. The van der Waals surface area contributed by atoms with Crippen molar-refractivity contribution in [3.63, 3.8) is 0 Å². The van der Waals surface area contributed by atoms with Gasteiger partial charge in [-0.25, -0.2) is 9.64 Å². The second kappa shape index (κ2) is 18.8. The van der Waals surface area contributed by atoms with Gasteiger partial charge in [0.25, 0.3) is 5.70 Å². The number of carbonyl (C=O) groups is 2. The molecule has 0 aliphatic rings. The Balaban J connectivity index is 1.04. The Morgan fingerprint density at radius 3 is 1.39 bits per heavy atom. The van der Waals surface area contributed by atoms with Crippen LogP contribution in [0.25, 0.3) is 62.2 Å². The zero-order valence-corrected chi connectivity index (χ0v) is 34.7. The molecule has 5 aromatic carbocycles. The molecule has 0 saturated heterocycles. The van der Waals surface area contributed by atoms with Gasteiger partial charge in [-0.1, -0.05) is 103 Å². The molecule has 0 aliphatic carbocycles. The van der Waals surface area contributed by atoms with E-state index in [0.29, 0.717) is 4.88 Å². The lowest BCUT2D eigenvalue weighted by atomic mass is 10.1. The van der Waals surface area contributed by atoms with Crippen molar-refractivity contribution >= 4 is 88.1 Å². The third-order valence-electron chi connectivity index (χ3n) is 9.89. The molecule has 0 saturated carbocycles. The van der Waals surface area contributed by atoms with Crippen LogP contribution >= 0.6 is 22.7 Å². The number of nitrogens with zero attached hydrogens (tertiary/aromatic N) is 3. The number of benzene rings is 5. The third-order valence-corrected chi connectivity index (χ3v) is 12.1. The topological polar surface area (TPSA) is 106 Å². The van der Waals surface area contributed by atoms with Gasteiger partial charge in [0.15, 0.2) is 0 Å². The summed E-state index contributed by atoms with van der Waals surface area (Å²) in [4.78, 5) is 31.2. The Labute approximate surface area is 362 Å². The first-order valence-corrected chi connectivity index (χ1v) is 20.7. The molecule has 7 nitrogen and oxygen atoms in total. The molecule has 2 N–H and O–H groups in total. The van der Waals surface area contributed by atoms with Gasteiger partial charge in [-0.15, -0.1) is 22.7 Å². The van der Waals surface area contributed by atoms with Crippen LogP contribution in [-0.2, 0) is 9.59 Å². The van der Waals surface area contributed by atoms with E-state index in [2.05, 4.69) is 127 Å². The van der Waals surface area contributed by atoms with Crippen LogP contribution in [0.2, 0.25) is 0 Å². The van der Waals surface area contributed by atoms with Crippen molar-refractivity contribution in [1.82, 2.24) is 0 Å². The number of hydrogen-bond donors (Lipinski definition) is 2. The number of nitriles is 1. The van der Waals surface area contributed by atoms with Crippen molar-refractivity contribution in [3.05, 3.63) is 205 Å². The van der Waals surface area contributed by atoms with E-state index in [4.69, 9.17) is 16.9 Å². The minimum absolute atomic E-state index is 0.291. The smallest absolute Gasteiger partial charge is 0.346 e. The molecule has 0 spiro atoms. The Morgan fingerprint density at radius 1 is 0.574 bits per heavy atom. The van der Waals surface area contributed by atoms with Crippen molar-refractivity contribution < 1.29 is 19.8 Å². The molecule has 0 radical (unpaired) electrons. The highest BCUT2D eigenvalue weighted by molar-refractivity contribution is 7.16. The summed E-state index contributed by atoms with van der Waals surface area (Å²) in [5.41, 5.74) is 11.2. The van der Waals surface area contributed by atoms with Crippen LogP contribution in [0.1, 0.15) is 43.1 Å². The van der Waals surface area contributed by atoms with Crippen LogP contribution in [0.5, 0.6) is 0 Å². The summed E-state index contributed by atoms with van der Waals surface area (Å²) in [6.45, 7) is 11.3. The summed E-state index contributed by atoms with van der Waals surface area (Å²) in [6.07, 6.45) is 11.1. The van der Waals surface area contributed by atoms with Crippen LogP contribution in [0.15, 0.2) is 151 Å². The maximum atomic E-state index is 11.2. The van der Waals surface area contributed by atoms with Crippen LogP contribution in [-0.4, -0.2) is 22.2 Å². The quantitative estimate of drug-likeness (QED) is 0.0519. The van der Waals surface area contributed by atoms with Gasteiger partial charge < -0.3 is 15.1 Å². The lowest BCUT2D eigenvalue weighted by Gasteiger charge is -2.26. The number of aliphatic carboxylic acids is 2. The second-order valence-electron chi connectivity index (χ2n) is 14.0. The first kappa shape index (κ1) is 41.3. The Hall–Kier alpha value is -7.82. The lowest BCUT2D eigenvalue weighted by Crippen LogP contribution is -2.10. The fraction of sp³-hybridized carbons (Fsp3) is 0.0385. The summed E-state index contributed by atoms with van der Waals surface area (Å²) < 4.78 is 0. The maximum Gasteiger partial charge on any atom is 0.346 e. The zero-order chi connectivity index (χ0) is 42.9. The van der Waals surface area contributed by atoms with Gasteiger partial charge in [-0.3, -0.25) is 4.79 Å². The molecule has 0 aliphatic heterocycles. The molecule has 296 valence electrons. The van der Waals surface area contributed by atoms with Gasteiger partial charge in [0.2, 0.25) is 0 Å². The molecule has 0 fully saturated rings. The highest BCUT2D eigenvalue weighted by Gasteiger charge is 2.14. The third kappa shape index (κ3) is 10.3. The predicted molar refractivity (Wildman–Crippen MR) is 251 cm³/mol. The SMILES string of the molecule is [C-]#[N+]/C(=C\c1ccc(-c2ccc(/C=C/c3ccc(N(c4ccc(/C=C/c5ccc(-c6ccc(/C=C(/C#N)C(=O)O)s6)cc5)cc4)c4ccc(C)c(C)c4)cc3)cc2)s1)C(=O)O. The van der Waals surface area contributed by atoms with E-state index in [1.165, 1.54) is 46.0 Å². The monoisotopic (exact) mass is 831 g/mol. The summed E-state index contributed by atoms with van der Waals surface area (Å²) >= 11 is 2.88. The van der Waals surface area contributed by atoms with E-state index in [-0.39, 0.29) is 11.3 Å². The number of carboxylic acid groups (broad SMARTS) is 2. The Bertz CT molecular complexity index is 2760. The Morgan fingerprint density at radius 2 is 1.00 bits per heavy atom. The number of thiophene rings is 2. The molecule has 7 aromatic rings. The number of anilines is 3. The van der Waals surface area contributed by atoms with Crippen molar-refractivity contribution in [2.45, 2.75) is 13.8 Å². The average Bonchev–Trinajstić information content (AvgIpc) is 3.96. The minimum atomic E-state index is -1.24. The highest BCUT2D eigenvalue weighted by Crippen LogP contribution is 2.37. The first-order chi connectivity index (χ1) is 29.6. The molecule has 0 unspecified atom stereocenters. The highest BCUT2D eigenvalue weighted by atomic mass is 32.1. The van der Waals surface area contributed by atoms with Crippen molar-refractivity contribution in [2.75, 3.05) is 4.90 Å². The fourth-order valence-electron chi connectivity index (χ4n) is 6.41. The van der Waals surface area contributed by atoms with Crippen LogP contribution < -0.4 is 4.90 Å². The number of aryl methyl sites for hydroxylation is 2. The van der Waals surface area contributed by atoms with E-state index in [1.807, 2.05) is 60.7 Å². The normalized spacial score (nSPS) is 11.7. The Kier molecular flexibility index (Phi) is 12.8. The van der Waals surface area contributed by atoms with Gasteiger partial charge in [-0.2, -0.15) is 5.26 Å². The molecular weight excluding hydrogens is 795 g/mol. The molecule has 7 rings (SSSR count).